The Morgan fingerprint density at radius 2 is 1.79 bits per heavy atom. The minimum absolute atomic E-state index is 0.0554. The molecule has 0 unspecified atom stereocenters. The summed E-state index contributed by atoms with van der Waals surface area (Å²) in [5.74, 6) is -1.40. The Kier molecular flexibility index (Phi) is 4.25. The van der Waals surface area contributed by atoms with Crippen molar-refractivity contribution in [3.05, 3.63) is 58.1 Å². The quantitative estimate of drug-likeness (QED) is 0.881. The molecule has 3 rings (SSSR count). The summed E-state index contributed by atoms with van der Waals surface area (Å²) in [5.41, 5.74) is 0.399. The first-order valence-corrected chi connectivity index (χ1v) is 8.91. The zero-order valence-electron chi connectivity index (χ0n) is 12.0. The van der Waals surface area contributed by atoms with Crippen LogP contribution in [-0.2, 0) is 14.8 Å². The fraction of sp³-hybridized carbons (Fsp3) is 0.0667. The van der Waals surface area contributed by atoms with Gasteiger partial charge < -0.3 is 5.32 Å². The maximum absolute atomic E-state index is 12.4. The van der Waals surface area contributed by atoms with Gasteiger partial charge in [0.25, 0.3) is 15.9 Å². The monoisotopic (exact) mass is 384 g/mol. The van der Waals surface area contributed by atoms with Gasteiger partial charge in [0.05, 0.1) is 15.6 Å². The second-order valence-electron chi connectivity index (χ2n) is 4.99. The van der Waals surface area contributed by atoms with Crippen LogP contribution in [0.25, 0.3) is 0 Å². The van der Waals surface area contributed by atoms with Crippen molar-refractivity contribution in [2.45, 2.75) is 4.90 Å². The van der Waals surface area contributed by atoms with Crippen LogP contribution < -0.4 is 5.32 Å². The van der Waals surface area contributed by atoms with E-state index in [1.807, 2.05) is 0 Å². The van der Waals surface area contributed by atoms with Crippen molar-refractivity contribution >= 4 is 50.7 Å². The third kappa shape index (κ3) is 2.86. The molecule has 0 saturated heterocycles. The number of amides is 2. The molecular weight excluding hydrogens is 375 g/mol. The van der Waals surface area contributed by atoms with Gasteiger partial charge in [-0.05, 0) is 30.3 Å². The molecule has 124 valence electrons. The molecule has 2 amide bonds. The number of hydrogen-bond acceptors (Lipinski definition) is 4. The van der Waals surface area contributed by atoms with Gasteiger partial charge in [-0.25, -0.2) is 12.7 Å². The Labute approximate surface area is 148 Å². The molecule has 0 aliphatic carbocycles. The van der Waals surface area contributed by atoms with E-state index in [0.717, 1.165) is 0 Å². The molecule has 2 aromatic rings. The SMILES string of the molecule is O=C(CN1C(=O)c2ccccc2S1(=O)=O)Nc1ccc(Cl)c(Cl)c1. The van der Waals surface area contributed by atoms with E-state index in [0.29, 0.717) is 15.0 Å². The Balaban J connectivity index is 1.80. The lowest BCUT2D eigenvalue weighted by Crippen LogP contribution is -2.37. The van der Waals surface area contributed by atoms with Gasteiger partial charge in [0.1, 0.15) is 11.4 Å². The highest BCUT2D eigenvalue weighted by molar-refractivity contribution is 7.90. The zero-order valence-corrected chi connectivity index (χ0v) is 14.3. The Morgan fingerprint density at radius 3 is 2.46 bits per heavy atom. The first kappa shape index (κ1) is 16.8. The summed E-state index contributed by atoms with van der Waals surface area (Å²) >= 11 is 11.6. The number of carbonyl (C=O) groups excluding carboxylic acids is 2. The number of anilines is 1. The Morgan fingerprint density at radius 1 is 1.08 bits per heavy atom. The number of rotatable bonds is 3. The number of benzene rings is 2. The molecule has 0 atom stereocenters. The molecule has 24 heavy (non-hydrogen) atoms. The summed E-state index contributed by atoms with van der Waals surface area (Å²) in [6, 6.07) is 10.3. The second kappa shape index (κ2) is 6.08. The van der Waals surface area contributed by atoms with Crippen LogP contribution in [0.2, 0.25) is 10.0 Å². The third-order valence-electron chi connectivity index (χ3n) is 3.40. The topological polar surface area (TPSA) is 83.6 Å². The maximum atomic E-state index is 12.4. The molecule has 6 nitrogen and oxygen atoms in total. The molecule has 1 heterocycles. The van der Waals surface area contributed by atoms with E-state index < -0.39 is 28.4 Å². The van der Waals surface area contributed by atoms with Crippen LogP contribution >= 0.6 is 23.2 Å². The fourth-order valence-corrected chi connectivity index (χ4v) is 4.12. The second-order valence-corrected chi connectivity index (χ2v) is 7.64. The first-order chi connectivity index (χ1) is 11.3. The summed E-state index contributed by atoms with van der Waals surface area (Å²) in [7, 11) is -4.02. The molecular formula is C15H10Cl2N2O4S. The van der Waals surface area contributed by atoms with E-state index in [1.54, 1.807) is 6.07 Å². The molecule has 0 bridgehead atoms. The van der Waals surface area contributed by atoms with Crippen molar-refractivity contribution in [3.63, 3.8) is 0 Å². The largest absolute Gasteiger partial charge is 0.324 e. The van der Waals surface area contributed by atoms with Crippen LogP contribution in [0.4, 0.5) is 5.69 Å². The summed E-state index contributed by atoms with van der Waals surface area (Å²) in [5, 5.41) is 3.05. The zero-order chi connectivity index (χ0) is 17.5. The highest BCUT2D eigenvalue weighted by Gasteiger charge is 2.41. The summed E-state index contributed by atoms with van der Waals surface area (Å²) in [6.45, 7) is -0.629. The third-order valence-corrected chi connectivity index (χ3v) is 5.93. The number of nitrogens with zero attached hydrogens (tertiary/aromatic N) is 1. The van der Waals surface area contributed by atoms with E-state index in [-0.39, 0.29) is 15.5 Å². The molecule has 2 aromatic carbocycles. The van der Waals surface area contributed by atoms with Crippen LogP contribution in [0.5, 0.6) is 0 Å². The van der Waals surface area contributed by atoms with Gasteiger partial charge in [0.2, 0.25) is 5.91 Å². The Bertz CT molecular complexity index is 960. The lowest BCUT2D eigenvalue weighted by atomic mass is 10.2. The number of nitrogens with one attached hydrogen (secondary N) is 1. The molecule has 1 N–H and O–H groups in total. The predicted molar refractivity (Wildman–Crippen MR) is 89.8 cm³/mol. The number of carbonyl (C=O) groups is 2. The van der Waals surface area contributed by atoms with Crippen molar-refractivity contribution < 1.29 is 18.0 Å². The summed E-state index contributed by atoms with van der Waals surface area (Å²) in [4.78, 5) is 24.2. The number of halogens is 2. The Hall–Kier alpha value is -2.09. The van der Waals surface area contributed by atoms with Crippen molar-refractivity contribution in [2.24, 2.45) is 0 Å². The van der Waals surface area contributed by atoms with E-state index in [4.69, 9.17) is 23.2 Å². The van der Waals surface area contributed by atoms with Gasteiger partial charge >= 0.3 is 0 Å². The van der Waals surface area contributed by atoms with E-state index in [1.165, 1.54) is 36.4 Å². The van der Waals surface area contributed by atoms with Crippen LogP contribution in [0.3, 0.4) is 0 Å². The smallest absolute Gasteiger partial charge is 0.269 e. The van der Waals surface area contributed by atoms with Crippen molar-refractivity contribution in [2.75, 3.05) is 11.9 Å². The molecule has 0 aromatic heterocycles. The van der Waals surface area contributed by atoms with Crippen LogP contribution in [0, 0.1) is 0 Å². The van der Waals surface area contributed by atoms with E-state index in [9.17, 15) is 18.0 Å². The highest BCUT2D eigenvalue weighted by Crippen LogP contribution is 2.30. The minimum atomic E-state index is -4.02. The first-order valence-electron chi connectivity index (χ1n) is 6.72. The van der Waals surface area contributed by atoms with Gasteiger partial charge in [-0.3, -0.25) is 9.59 Å². The normalized spacial score (nSPS) is 15.2. The van der Waals surface area contributed by atoms with Gasteiger partial charge in [-0.1, -0.05) is 35.3 Å². The van der Waals surface area contributed by atoms with Gasteiger partial charge in [0.15, 0.2) is 0 Å². The van der Waals surface area contributed by atoms with Gasteiger partial charge in [-0.2, -0.15) is 0 Å². The summed E-state index contributed by atoms with van der Waals surface area (Å²) in [6.07, 6.45) is 0. The van der Waals surface area contributed by atoms with E-state index in [2.05, 4.69) is 5.32 Å². The minimum Gasteiger partial charge on any atom is -0.324 e. The van der Waals surface area contributed by atoms with Crippen LogP contribution in [-0.4, -0.2) is 31.1 Å². The average Bonchev–Trinajstić information content (AvgIpc) is 2.73. The predicted octanol–water partition coefficient (Wildman–Crippen LogP) is 2.78. The molecule has 0 radical (unpaired) electrons. The van der Waals surface area contributed by atoms with Crippen LogP contribution in [0.1, 0.15) is 10.4 Å². The van der Waals surface area contributed by atoms with Gasteiger partial charge in [-0.15, -0.1) is 0 Å². The van der Waals surface area contributed by atoms with Crippen LogP contribution in [0.15, 0.2) is 47.4 Å². The fourth-order valence-electron chi connectivity index (χ4n) is 2.29. The molecule has 0 fully saturated rings. The molecule has 9 heteroatoms. The lowest BCUT2D eigenvalue weighted by Gasteiger charge is -2.15. The van der Waals surface area contributed by atoms with Crippen molar-refractivity contribution in [1.29, 1.82) is 0 Å². The number of fused-ring (bicyclic) bond motifs is 1. The van der Waals surface area contributed by atoms with E-state index >= 15 is 0 Å². The molecule has 1 aliphatic rings. The van der Waals surface area contributed by atoms with Crippen molar-refractivity contribution in [1.82, 2.24) is 4.31 Å². The van der Waals surface area contributed by atoms with Crippen molar-refractivity contribution in [3.8, 4) is 0 Å². The highest BCUT2D eigenvalue weighted by atomic mass is 35.5. The number of hydrogen-bond donors (Lipinski definition) is 1. The number of sulfonamides is 1. The average molecular weight is 385 g/mol. The molecule has 0 saturated carbocycles. The maximum Gasteiger partial charge on any atom is 0.269 e. The standard InChI is InChI=1S/C15H10Cl2N2O4S/c16-11-6-5-9(7-12(11)17)18-14(20)8-19-15(21)10-3-1-2-4-13(10)24(19,22)23/h1-7H,8H2,(H,18,20). The summed E-state index contributed by atoms with van der Waals surface area (Å²) < 4.78 is 25.3. The molecule has 1 aliphatic heterocycles. The lowest BCUT2D eigenvalue weighted by molar-refractivity contribution is -0.116. The van der Waals surface area contributed by atoms with Gasteiger partial charge in [0, 0.05) is 5.69 Å². The molecule has 0 spiro atoms.